The zero-order valence-electron chi connectivity index (χ0n) is 18.2. The van der Waals surface area contributed by atoms with Crippen LogP contribution >= 0.6 is 0 Å². The van der Waals surface area contributed by atoms with Crippen molar-refractivity contribution in [2.45, 2.75) is 97.2 Å². The Labute approximate surface area is 170 Å². The Kier molecular flexibility index (Phi) is 6.32. The van der Waals surface area contributed by atoms with Crippen LogP contribution < -0.4 is 0 Å². The van der Waals surface area contributed by atoms with Crippen LogP contribution in [0.4, 0.5) is 0 Å². The Morgan fingerprint density at radius 2 is 2.04 bits per heavy atom. The lowest BCUT2D eigenvalue weighted by atomic mass is 9.59. The average Bonchev–Trinajstić information content (AvgIpc) is 3.15. The van der Waals surface area contributed by atoms with Gasteiger partial charge in [0.25, 0.3) is 0 Å². The van der Waals surface area contributed by atoms with Crippen LogP contribution in [-0.4, -0.2) is 34.5 Å². The van der Waals surface area contributed by atoms with Gasteiger partial charge in [-0.1, -0.05) is 25.8 Å². The molecule has 0 aromatic rings. The second-order valence-electron chi connectivity index (χ2n) is 10.5. The van der Waals surface area contributed by atoms with Gasteiger partial charge in [-0.2, -0.15) is 0 Å². The van der Waals surface area contributed by atoms with Crippen LogP contribution in [-0.2, 0) is 9.53 Å². The van der Waals surface area contributed by atoms with Gasteiger partial charge in [0.1, 0.15) is 0 Å². The first-order chi connectivity index (χ1) is 13.1. The Hall–Kier alpha value is -0.870. The van der Waals surface area contributed by atoms with E-state index < -0.39 is 5.60 Å². The molecule has 4 nitrogen and oxygen atoms in total. The van der Waals surface area contributed by atoms with E-state index in [1.165, 1.54) is 12.8 Å². The molecule has 3 aliphatic carbocycles. The summed E-state index contributed by atoms with van der Waals surface area (Å²) in [6.07, 6.45) is 13.2. The number of rotatable bonds is 8. The van der Waals surface area contributed by atoms with Crippen molar-refractivity contribution >= 4 is 5.97 Å². The summed E-state index contributed by atoms with van der Waals surface area (Å²) in [5.41, 5.74) is -0.205. The zero-order chi connectivity index (χ0) is 20.6. The van der Waals surface area contributed by atoms with Crippen molar-refractivity contribution < 1.29 is 19.7 Å². The van der Waals surface area contributed by atoms with Gasteiger partial charge in [-0.3, -0.25) is 0 Å². The molecule has 0 amide bonds. The molecule has 4 unspecified atom stereocenters. The minimum Gasteiger partial charge on any atom is -0.463 e. The first kappa shape index (κ1) is 21.8. The third-order valence-electron chi connectivity index (χ3n) is 8.14. The molecule has 3 aliphatic rings. The van der Waals surface area contributed by atoms with E-state index in [4.69, 9.17) is 4.74 Å². The number of esters is 1. The van der Waals surface area contributed by atoms with E-state index in [-0.39, 0.29) is 22.9 Å². The molecule has 0 aromatic heterocycles. The van der Waals surface area contributed by atoms with Crippen molar-refractivity contribution in [2.75, 3.05) is 6.61 Å². The lowest BCUT2D eigenvalue weighted by Crippen LogP contribution is -2.42. The van der Waals surface area contributed by atoms with Gasteiger partial charge in [-0.05, 0) is 94.3 Å². The van der Waals surface area contributed by atoms with Crippen LogP contribution in [0.15, 0.2) is 12.2 Å². The number of hydrogen-bond donors (Lipinski definition) is 2. The number of hydrogen-bond acceptors (Lipinski definition) is 4. The molecule has 0 saturated heterocycles. The highest BCUT2D eigenvalue weighted by atomic mass is 16.5. The molecule has 0 aromatic carbocycles. The maximum absolute atomic E-state index is 11.8. The highest BCUT2D eigenvalue weighted by molar-refractivity contribution is 5.82. The molecule has 3 rings (SSSR count). The number of aliphatic hydroxyl groups is 2. The standard InChI is InChI=1S/C24H40O4/c1-5-28-21(26)12-9-17-16-24(17,15-7-13-22(2,3)27)20-11-10-18-19(25)8-6-14-23(18,20)4/h9,12,17-20,25,27H,5-8,10-11,13-16H2,1-4H3/t17?,18?,19-,20?,23-,24?/m0/s1. The summed E-state index contributed by atoms with van der Waals surface area (Å²) in [5, 5.41) is 20.8. The monoisotopic (exact) mass is 392 g/mol. The minimum atomic E-state index is -0.629. The molecular weight excluding hydrogens is 352 g/mol. The normalized spacial score (nSPS) is 40.5. The second kappa shape index (κ2) is 8.10. The highest BCUT2D eigenvalue weighted by Crippen LogP contribution is 2.72. The van der Waals surface area contributed by atoms with Gasteiger partial charge in [-0.25, -0.2) is 4.79 Å². The molecule has 0 radical (unpaired) electrons. The Balaban J connectivity index is 1.77. The molecule has 3 fully saturated rings. The molecule has 2 N–H and O–H groups in total. The molecule has 3 saturated carbocycles. The van der Waals surface area contributed by atoms with Crippen molar-refractivity contribution in [3.8, 4) is 0 Å². The Bertz CT molecular complexity index is 592. The SMILES string of the molecule is CCOC(=O)C=CC1CC1(CCCC(C)(C)O)C1CCC2[C@@H](O)CCC[C@@]21C. The largest absolute Gasteiger partial charge is 0.463 e. The summed E-state index contributed by atoms with van der Waals surface area (Å²) in [4.78, 5) is 11.8. The third-order valence-corrected chi connectivity index (χ3v) is 8.14. The van der Waals surface area contributed by atoms with Crippen LogP contribution in [0.1, 0.15) is 85.5 Å². The van der Waals surface area contributed by atoms with Gasteiger partial charge >= 0.3 is 5.97 Å². The summed E-state index contributed by atoms with van der Waals surface area (Å²) in [5.74, 6) is 1.19. The Morgan fingerprint density at radius 3 is 2.71 bits per heavy atom. The van der Waals surface area contributed by atoms with E-state index in [9.17, 15) is 15.0 Å². The summed E-state index contributed by atoms with van der Waals surface area (Å²) in [6.45, 7) is 8.42. The van der Waals surface area contributed by atoms with Crippen molar-refractivity contribution in [3.05, 3.63) is 12.2 Å². The topological polar surface area (TPSA) is 66.8 Å². The minimum absolute atomic E-state index is 0.149. The molecule has 6 atom stereocenters. The van der Waals surface area contributed by atoms with Crippen LogP contribution in [0.2, 0.25) is 0 Å². The third kappa shape index (κ3) is 4.33. The number of ether oxygens (including phenoxy) is 1. The number of allylic oxidation sites excluding steroid dienone is 1. The molecule has 0 spiro atoms. The average molecular weight is 393 g/mol. The summed E-state index contributed by atoms with van der Waals surface area (Å²) >= 11 is 0. The quantitative estimate of drug-likeness (QED) is 0.467. The fourth-order valence-electron chi connectivity index (χ4n) is 6.80. The van der Waals surface area contributed by atoms with Crippen molar-refractivity contribution in [1.29, 1.82) is 0 Å². The molecule has 0 bridgehead atoms. The summed E-state index contributed by atoms with van der Waals surface area (Å²) in [6, 6.07) is 0. The summed E-state index contributed by atoms with van der Waals surface area (Å²) < 4.78 is 5.07. The van der Waals surface area contributed by atoms with Gasteiger partial charge in [0.15, 0.2) is 0 Å². The zero-order valence-corrected chi connectivity index (χ0v) is 18.2. The first-order valence-corrected chi connectivity index (χ1v) is 11.4. The van der Waals surface area contributed by atoms with Gasteiger partial charge in [0.2, 0.25) is 0 Å². The highest BCUT2D eigenvalue weighted by Gasteiger charge is 2.65. The van der Waals surface area contributed by atoms with Gasteiger partial charge in [-0.15, -0.1) is 0 Å². The van der Waals surface area contributed by atoms with Gasteiger partial charge in [0, 0.05) is 6.08 Å². The predicted octanol–water partition coefficient (Wildman–Crippen LogP) is 4.63. The van der Waals surface area contributed by atoms with Crippen LogP contribution in [0.5, 0.6) is 0 Å². The first-order valence-electron chi connectivity index (χ1n) is 11.4. The summed E-state index contributed by atoms with van der Waals surface area (Å²) in [7, 11) is 0. The molecule has 160 valence electrons. The van der Waals surface area contributed by atoms with Crippen molar-refractivity contribution in [3.63, 3.8) is 0 Å². The maximum Gasteiger partial charge on any atom is 0.330 e. The van der Waals surface area contributed by atoms with Crippen molar-refractivity contribution in [1.82, 2.24) is 0 Å². The second-order valence-corrected chi connectivity index (χ2v) is 10.5. The number of aliphatic hydroxyl groups excluding tert-OH is 1. The fraction of sp³-hybridized carbons (Fsp3) is 0.875. The predicted molar refractivity (Wildman–Crippen MR) is 111 cm³/mol. The number of carbonyl (C=O) groups excluding carboxylic acids is 1. The number of fused-ring (bicyclic) bond motifs is 1. The van der Waals surface area contributed by atoms with E-state index in [1.807, 2.05) is 20.8 Å². The fourth-order valence-corrected chi connectivity index (χ4v) is 6.80. The molecular formula is C24H40O4. The smallest absolute Gasteiger partial charge is 0.330 e. The lowest BCUT2D eigenvalue weighted by molar-refractivity contribution is -0.137. The van der Waals surface area contributed by atoms with Gasteiger partial charge < -0.3 is 14.9 Å². The van der Waals surface area contributed by atoms with E-state index in [0.29, 0.717) is 24.4 Å². The van der Waals surface area contributed by atoms with E-state index in [1.54, 1.807) is 6.08 Å². The van der Waals surface area contributed by atoms with Crippen LogP contribution in [0.25, 0.3) is 0 Å². The molecule has 4 heteroatoms. The van der Waals surface area contributed by atoms with Crippen LogP contribution in [0, 0.1) is 28.6 Å². The number of carbonyl (C=O) groups is 1. The molecule has 0 aliphatic heterocycles. The lowest BCUT2D eigenvalue weighted by Gasteiger charge is -2.46. The molecule has 28 heavy (non-hydrogen) atoms. The van der Waals surface area contributed by atoms with Gasteiger partial charge in [0.05, 0.1) is 18.3 Å². The van der Waals surface area contributed by atoms with Crippen molar-refractivity contribution in [2.24, 2.45) is 28.6 Å². The van der Waals surface area contributed by atoms with E-state index in [0.717, 1.165) is 44.9 Å². The van der Waals surface area contributed by atoms with Crippen LogP contribution in [0.3, 0.4) is 0 Å². The van der Waals surface area contributed by atoms with E-state index in [2.05, 4.69) is 13.0 Å². The maximum atomic E-state index is 11.8. The molecule has 0 heterocycles. The van der Waals surface area contributed by atoms with E-state index >= 15 is 0 Å². The Morgan fingerprint density at radius 1 is 1.29 bits per heavy atom.